The Morgan fingerprint density at radius 1 is 1.00 bits per heavy atom. The highest BCUT2D eigenvalue weighted by atomic mass is 32.2. The van der Waals surface area contributed by atoms with Crippen LogP contribution in [0.3, 0.4) is 0 Å². The topological polar surface area (TPSA) is 49.4 Å². The molecule has 0 spiro atoms. The molecule has 30 heavy (non-hydrogen) atoms. The summed E-state index contributed by atoms with van der Waals surface area (Å²) in [5.41, 5.74) is 3.14. The summed E-state index contributed by atoms with van der Waals surface area (Å²) in [5.74, 6) is 0. The Kier molecular flexibility index (Phi) is 7.24. The average Bonchev–Trinajstić information content (AvgIpc) is 2.59. The Morgan fingerprint density at radius 2 is 1.53 bits per heavy atom. The minimum atomic E-state index is -4.77. The van der Waals surface area contributed by atoms with E-state index in [9.17, 15) is 21.6 Å². The molecule has 0 aromatic heterocycles. The monoisotopic (exact) mass is 442 g/mol. The number of para-hydroxylation sites is 1. The van der Waals surface area contributed by atoms with Crippen molar-refractivity contribution in [2.45, 2.75) is 64.7 Å². The van der Waals surface area contributed by atoms with Crippen molar-refractivity contribution in [3.63, 3.8) is 0 Å². The maximum Gasteiger partial charge on any atom is 0.406 e. The van der Waals surface area contributed by atoms with Crippen LogP contribution in [0.5, 0.6) is 0 Å². The molecule has 0 saturated heterocycles. The first kappa shape index (κ1) is 24.2. The summed E-state index contributed by atoms with van der Waals surface area (Å²) in [4.78, 5) is 1.47. The van der Waals surface area contributed by atoms with Crippen molar-refractivity contribution < 1.29 is 21.6 Å². The van der Waals surface area contributed by atoms with Crippen LogP contribution in [0, 0.1) is 27.7 Å². The molecule has 0 saturated carbocycles. The summed E-state index contributed by atoms with van der Waals surface area (Å²) in [6.45, 7) is 10.2. The van der Waals surface area contributed by atoms with Crippen LogP contribution < -0.4 is 9.62 Å². The van der Waals surface area contributed by atoms with Crippen LogP contribution in [0.4, 0.5) is 18.9 Å². The van der Waals surface area contributed by atoms with E-state index in [1.165, 1.54) is 6.92 Å². The zero-order chi connectivity index (χ0) is 22.9. The third-order valence-electron chi connectivity index (χ3n) is 5.25. The highest BCUT2D eigenvalue weighted by molar-refractivity contribution is 7.89. The summed E-state index contributed by atoms with van der Waals surface area (Å²) in [5, 5.41) is 0. The fourth-order valence-corrected chi connectivity index (χ4v) is 5.75. The number of sulfonamides is 1. The average molecular weight is 443 g/mol. The summed E-state index contributed by atoms with van der Waals surface area (Å²) in [6.07, 6.45) is -4.77. The number of anilines is 1. The Bertz CT molecular complexity index is 981. The van der Waals surface area contributed by atoms with Gasteiger partial charge < -0.3 is 4.90 Å². The molecule has 0 heterocycles. The van der Waals surface area contributed by atoms with Crippen LogP contribution in [-0.4, -0.2) is 33.2 Å². The molecule has 2 unspecified atom stereocenters. The molecule has 2 aromatic rings. The van der Waals surface area contributed by atoms with Crippen LogP contribution in [0.15, 0.2) is 41.3 Å². The molecule has 0 bridgehead atoms. The number of alkyl halides is 3. The summed E-state index contributed by atoms with van der Waals surface area (Å²) >= 11 is 0. The molecule has 0 fully saturated rings. The molecule has 0 amide bonds. The van der Waals surface area contributed by atoms with E-state index in [-0.39, 0.29) is 4.90 Å². The maximum absolute atomic E-state index is 14.0. The second-order valence-corrected chi connectivity index (χ2v) is 9.33. The number of nitrogens with one attached hydrogen (secondary N) is 1. The van der Waals surface area contributed by atoms with Crippen molar-refractivity contribution in [2.75, 3.05) is 11.4 Å². The molecule has 8 heteroatoms. The predicted octanol–water partition coefficient (Wildman–Crippen LogP) is 5.04. The highest BCUT2D eigenvalue weighted by Crippen LogP contribution is 2.31. The van der Waals surface area contributed by atoms with E-state index in [2.05, 4.69) is 0 Å². The molecular weight excluding hydrogens is 413 g/mol. The third kappa shape index (κ3) is 5.16. The van der Waals surface area contributed by atoms with Crippen LogP contribution in [0.2, 0.25) is 0 Å². The molecule has 4 nitrogen and oxygen atoms in total. The van der Waals surface area contributed by atoms with E-state index < -0.39 is 28.3 Å². The first-order chi connectivity index (χ1) is 13.8. The number of hydrogen-bond donors (Lipinski definition) is 1. The zero-order valence-electron chi connectivity index (χ0n) is 18.1. The van der Waals surface area contributed by atoms with Gasteiger partial charge in [0.15, 0.2) is 0 Å². The van der Waals surface area contributed by atoms with Crippen molar-refractivity contribution in [2.24, 2.45) is 0 Å². The summed E-state index contributed by atoms with van der Waals surface area (Å²) in [7, 11) is -4.40. The fourth-order valence-electron chi connectivity index (χ4n) is 4.00. The second-order valence-electron chi connectivity index (χ2n) is 7.68. The Labute approximate surface area is 177 Å². The van der Waals surface area contributed by atoms with E-state index in [4.69, 9.17) is 0 Å². The molecule has 0 aliphatic carbocycles. The lowest BCUT2D eigenvalue weighted by Gasteiger charge is -2.37. The third-order valence-corrected chi connectivity index (χ3v) is 6.99. The molecule has 0 aliphatic heterocycles. The molecule has 2 atom stereocenters. The number of hydrogen-bond acceptors (Lipinski definition) is 3. The minimum Gasteiger partial charge on any atom is -0.367 e. The van der Waals surface area contributed by atoms with Gasteiger partial charge in [0, 0.05) is 12.2 Å². The van der Waals surface area contributed by atoms with Gasteiger partial charge in [-0.05, 0) is 64.3 Å². The number of nitrogens with zero attached hydrogens (tertiary/aromatic N) is 1. The molecule has 2 rings (SSSR count). The Balaban J connectivity index is 2.50. The smallest absolute Gasteiger partial charge is 0.367 e. The van der Waals surface area contributed by atoms with Gasteiger partial charge in [-0.1, -0.05) is 35.9 Å². The van der Waals surface area contributed by atoms with Gasteiger partial charge in [-0.15, -0.1) is 0 Å². The van der Waals surface area contributed by atoms with Gasteiger partial charge in [-0.25, -0.2) is 8.42 Å². The fraction of sp³-hybridized carbons (Fsp3) is 0.455. The number of likely N-dealkylation sites (N-methyl/N-ethyl adjacent to an activating group) is 1. The second kappa shape index (κ2) is 8.98. The van der Waals surface area contributed by atoms with Crippen molar-refractivity contribution in [1.29, 1.82) is 0 Å². The molecule has 2 aromatic carbocycles. The highest BCUT2D eigenvalue weighted by Gasteiger charge is 2.47. The van der Waals surface area contributed by atoms with Gasteiger partial charge in [-0.3, -0.25) is 0 Å². The lowest BCUT2D eigenvalue weighted by Crippen LogP contribution is -2.57. The molecule has 1 N–H and O–H groups in total. The standard InChI is InChI=1S/C22H29F3N2O2S/c1-7-27(19-11-9-8-10-15(19)3)18(6)21(22(23,24)25)26-30(28,29)20-16(4)12-14(2)13-17(20)5/h8-13,18,21,26H,7H2,1-6H3. The lowest BCUT2D eigenvalue weighted by molar-refractivity contribution is -0.155. The zero-order valence-corrected chi connectivity index (χ0v) is 18.9. The van der Waals surface area contributed by atoms with Crippen LogP contribution in [-0.2, 0) is 10.0 Å². The quantitative estimate of drug-likeness (QED) is 0.653. The van der Waals surface area contributed by atoms with E-state index in [0.29, 0.717) is 23.4 Å². The largest absolute Gasteiger partial charge is 0.406 e. The van der Waals surface area contributed by atoms with E-state index >= 15 is 0 Å². The molecular formula is C22H29F3N2O2S. The van der Waals surface area contributed by atoms with Gasteiger partial charge in [0.2, 0.25) is 10.0 Å². The first-order valence-electron chi connectivity index (χ1n) is 9.78. The van der Waals surface area contributed by atoms with Crippen LogP contribution in [0.1, 0.15) is 36.1 Å². The van der Waals surface area contributed by atoms with Crippen molar-refractivity contribution in [3.8, 4) is 0 Å². The van der Waals surface area contributed by atoms with Crippen molar-refractivity contribution in [3.05, 3.63) is 58.7 Å². The number of aryl methyl sites for hydroxylation is 4. The minimum absolute atomic E-state index is 0.103. The van der Waals surface area contributed by atoms with Gasteiger partial charge in [-0.2, -0.15) is 17.9 Å². The Morgan fingerprint density at radius 3 is 2.00 bits per heavy atom. The van der Waals surface area contributed by atoms with Gasteiger partial charge >= 0.3 is 6.18 Å². The molecule has 166 valence electrons. The number of benzene rings is 2. The summed E-state index contributed by atoms with van der Waals surface area (Å²) < 4.78 is 70.1. The van der Waals surface area contributed by atoms with E-state index in [1.807, 2.05) is 30.7 Å². The maximum atomic E-state index is 14.0. The van der Waals surface area contributed by atoms with Crippen molar-refractivity contribution >= 4 is 15.7 Å². The van der Waals surface area contributed by atoms with Gasteiger partial charge in [0.1, 0.15) is 6.04 Å². The van der Waals surface area contributed by atoms with Gasteiger partial charge in [0.25, 0.3) is 0 Å². The first-order valence-corrected chi connectivity index (χ1v) is 11.3. The van der Waals surface area contributed by atoms with Crippen LogP contribution in [0.25, 0.3) is 0 Å². The number of halogens is 3. The molecule has 0 aliphatic rings. The van der Waals surface area contributed by atoms with Gasteiger partial charge in [0.05, 0.1) is 10.9 Å². The molecule has 0 radical (unpaired) electrons. The predicted molar refractivity (Wildman–Crippen MR) is 114 cm³/mol. The SMILES string of the molecule is CCN(c1ccccc1C)C(C)C(NS(=O)(=O)c1c(C)cc(C)cc1C)C(F)(F)F. The van der Waals surface area contributed by atoms with E-state index in [1.54, 1.807) is 49.9 Å². The van der Waals surface area contributed by atoms with Crippen molar-refractivity contribution in [1.82, 2.24) is 4.72 Å². The summed E-state index contributed by atoms with van der Waals surface area (Å²) in [6, 6.07) is 6.99. The lowest BCUT2D eigenvalue weighted by atomic mass is 10.1. The normalized spacial score (nSPS) is 14.4. The Hall–Kier alpha value is -2.06. The number of rotatable bonds is 7. The van der Waals surface area contributed by atoms with Crippen LogP contribution >= 0.6 is 0 Å². The van der Waals surface area contributed by atoms with E-state index in [0.717, 1.165) is 11.1 Å².